The number of fused-ring (bicyclic) bond motifs is 3. The van der Waals surface area contributed by atoms with Gasteiger partial charge >= 0.3 is 0 Å². The highest BCUT2D eigenvalue weighted by atomic mass is 32.2. The van der Waals surface area contributed by atoms with E-state index in [1.165, 1.54) is 28.6 Å². The fraction of sp³-hybridized carbons (Fsp3) is 0.381. The van der Waals surface area contributed by atoms with Crippen LogP contribution in [0.25, 0.3) is 10.2 Å². The van der Waals surface area contributed by atoms with Crippen LogP contribution in [0.1, 0.15) is 30.7 Å². The van der Waals surface area contributed by atoms with Crippen LogP contribution >= 0.6 is 23.1 Å². The molecule has 2 aromatic heterocycles. The first kappa shape index (κ1) is 20.0. The van der Waals surface area contributed by atoms with Crippen molar-refractivity contribution in [3.05, 3.63) is 34.7 Å². The third-order valence-corrected chi connectivity index (χ3v) is 7.28. The molecule has 2 atom stereocenters. The number of aromatic nitrogens is 2. The molecule has 29 heavy (non-hydrogen) atoms. The van der Waals surface area contributed by atoms with Gasteiger partial charge in [-0.25, -0.2) is 9.97 Å². The molecule has 152 valence electrons. The van der Waals surface area contributed by atoms with Crippen LogP contribution in [0.15, 0.2) is 29.4 Å². The van der Waals surface area contributed by atoms with Crippen molar-refractivity contribution in [2.75, 3.05) is 18.2 Å². The van der Waals surface area contributed by atoms with E-state index >= 15 is 0 Å². The van der Waals surface area contributed by atoms with Gasteiger partial charge in [0.05, 0.1) is 17.7 Å². The van der Waals surface area contributed by atoms with Crippen LogP contribution in [0.4, 0.5) is 11.5 Å². The molecule has 6 nitrogen and oxygen atoms in total. The number of amides is 1. The van der Waals surface area contributed by atoms with Gasteiger partial charge in [-0.3, -0.25) is 4.79 Å². The second-order valence-electron chi connectivity index (χ2n) is 7.40. The molecule has 1 amide bonds. The first-order valence-electron chi connectivity index (χ1n) is 9.64. The number of nitrogens with zero attached hydrogens (tertiary/aromatic N) is 2. The SMILES string of the molecule is COc1ccc(NC(=O)C(C)Sc2nc(N)c3c4c(sc3n2)CC(C)CC4)cc1. The van der Waals surface area contributed by atoms with E-state index in [2.05, 4.69) is 17.2 Å². The number of methoxy groups -OCH3 is 1. The normalized spacial score (nSPS) is 17.0. The van der Waals surface area contributed by atoms with Crippen LogP contribution in [0.2, 0.25) is 0 Å². The van der Waals surface area contributed by atoms with Crippen molar-refractivity contribution in [1.29, 1.82) is 0 Å². The Morgan fingerprint density at radius 1 is 1.34 bits per heavy atom. The lowest BCUT2D eigenvalue weighted by Gasteiger charge is -2.17. The molecule has 2 heterocycles. The molecule has 0 saturated carbocycles. The molecule has 4 rings (SSSR count). The molecule has 2 unspecified atom stereocenters. The van der Waals surface area contributed by atoms with Crippen molar-refractivity contribution < 1.29 is 9.53 Å². The predicted octanol–water partition coefficient (Wildman–Crippen LogP) is 4.53. The number of carbonyl (C=O) groups excluding carboxylic acids is 1. The van der Waals surface area contributed by atoms with Gasteiger partial charge in [0, 0.05) is 10.6 Å². The third kappa shape index (κ3) is 4.18. The molecule has 0 aliphatic heterocycles. The molecular weight excluding hydrogens is 404 g/mol. The molecule has 1 aromatic carbocycles. The largest absolute Gasteiger partial charge is 0.497 e. The number of carbonyl (C=O) groups is 1. The minimum absolute atomic E-state index is 0.110. The maximum Gasteiger partial charge on any atom is 0.237 e. The molecule has 3 N–H and O–H groups in total. The summed E-state index contributed by atoms with van der Waals surface area (Å²) in [6, 6.07) is 7.24. The zero-order chi connectivity index (χ0) is 20.5. The van der Waals surface area contributed by atoms with Crippen LogP contribution < -0.4 is 15.8 Å². The highest BCUT2D eigenvalue weighted by Crippen LogP contribution is 2.40. The number of nitrogens with one attached hydrogen (secondary N) is 1. The summed E-state index contributed by atoms with van der Waals surface area (Å²) in [4.78, 5) is 24.1. The molecule has 8 heteroatoms. The lowest BCUT2D eigenvalue weighted by Crippen LogP contribution is -2.22. The summed E-state index contributed by atoms with van der Waals surface area (Å²) in [6.45, 7) is 4.13. The number of hydrogen-bond donors (Lipinski definition) is 2. The first-order chi connectivity index (χ1) is 13.9. The molecule has 0 saturated heterocycles. The summed E-state index contributed by atoms with van der Waals surface area (Å²) in [5.41, 5.74) is 8.34. The van der Waals surface area contributed by atoms with Gasteiger partial charge in [-0.05, 0) is 61.9 Å². The molecule has 1 aliphatic carbocycles. The van der Waals surface area contributed by atoms with E-state index in [4.69, 9.17) is 15.5 Å². The number of anilines is 2. The van der Waals surface area contributed by atoms with Gasteiger partial charge in [0.15, 0.2) is 5.16 Å². The van der Waals surface area contributed by atoms with Crippen LogP contribution in [-0.4, -0.2) is 28.2 Å². The first-order valence-corrected chi connectivity index (χ1v) is 11.3. The third-order valence-electron chi connectivity index (χ3n) is 5.17. The van der Waals surface area contributed by atoms with E-state index in [1.54, 1.807) is 18.4 Å². The van der Waals surface area contributed by atoms with Crippen molar-refractivity contribution in [3.63, 3.8) is 0 Å². The van der Waals surface area contributed by atoms with Gasteiger partial charge in [-0.2, -0.15) is 0 Å². The van der Waals surface area contributed by atoms with Crippen LogP contribution in [0, 0.1) is 5.92 Å². The average Bonchev–Trinajstić information content (AvgIpc) is 3.06. The van der Waals surface area contributed by atoms with Crippen molar-refractivity contribution in [2.24, 2.45) is 5.92 Å². The summed E-state index contributed by atoms with van der Waals surface area (Å²) in [5, 5.41) is 4.10. The fourth-order valence-corrected chi connectivity index (χ4v) is 5.76. The summed E-state index contributed by atoms with van der Waals surface area (Å²) in [5.74, 6) is 1.85. The van der Waals surface area contributed by atoms with E-state index in [-0.39, 0.29) is 11.2 Å². The molecular formula is C21H24N4O2S2. The van der Waals surface area contributed by atoms with Gasteiger partial charge in [-0.1, -0.05) is 18.7 Å². The average molecular weight is 429 g/mol. The number of nitrogen functional groups attached to an aromatic ring is 1. The topological polar surface area (TPSA) is 90.1 Å². The van der Waals surface area contributed by atoms with E-state index in [1.807, 2.05) is 31.2 Å². The molecule has 0 fully saturated rings. The Balaban J connectivity index is 1.50. The maximum absolute atomic E-state index is 12.6. The number of thioether (sulfide) groups is 1. The zero-order valence-corrected chi connectivity index (χ0v) is 18.3. The highest BCUT2D eigenvalue weighted by Gasteiger charge is 2.24. The number of aryl methyl sites for hydroxylation is 1. The molecule has 1 aliphatic rings. The van der Waals surface area contributed by atoms with E-state index in [0.29, 0.717) is 16.9 Å². The summed E-state index contributed by atoms with van der Waals surface area (Å²) in [6.07, 6.45) is 3.30. The van der Waals surface area contributed by atoms with Gasteiger partial charge in [0.2, 0.25) is 5.91 Å². The predicted molar refractivity (Wildman–Crippen MR) is 120 cm³/mol. The van der Waals surface area contributed by atoms with Crippen LogP contribution in [0.5, 0.6) is 5.75 Å². The Labute approximate surface area is 178 Å². The van der Waals surface area contributed by atoms with Crippen molar-refractivity contribution in [1.82, 2.24) is 9.97 Å². The number of nitrogens with two attached hydrogens (primary N) is 1. The Hall–Kier alpha value is -2.32. The number of hydrogen-bond acceptors (Lipinski definition) is 7. The Kier molecular flexibility index (Phi) is 5.65. The molecule has 0 radical (unpaired) electrons. The Morgan fingerprint density at radius 2 is 2.10 bits per heavy atom. The number of ether oxygens (including phenoxy) is 1. The zero-order valence-electron chi connectivity index (χ0n) is 16.7. The number of benzene rings is 1. The summed E-state index contributed by atoms with van der Waals surface area (Å²) < 4.78 is 5.14. The fourth-order valence-electron chi connectivity index (χ4n) is 3.53. The van der Waals surface area contributed by atoms with Gasteiger partial charge < -0.3 is 15.8 Å². The van der Waals surface area contributed by atoms with E-state index < -0.39 is 0 Å². The Morgan fingerprint density at radius 3 is 2.83 bits per heavy atom. The summed E-state index contributed by atoms with van der Waals surface area (Å²) in [7, 11) is 1.61. The lowest BCUT2D eigenvalue weighted by atomic mass is 9.89. The second kappa shape index (κ2) is 8.20. The smallest absolute Gasteiger partial charge is 0.237 e. The standard InChI is InChI=1S/C21H24N4O2S2/c1-11-4-9-15-16(10-11)29-20-17(15)18(22)24-21(25-20)28-12(2)19(26)23-13-5-7-14(27-3)8-6-13/h5-8,11-12H,4,9-10H2,1-3H3,(H,23,26)(H2,22,24,25). The van der Waals surface area contributed by atoms with Gasteiger partial charge in [0.25, 0.3) is 0 Å². The second-order valence-corrected chi connectivity index (χ2v) is 9.79. The molecule has 0 spiro atoms. The summed E-state index contributed by atoms with van der Waals surface area (Å²) >= 11 is 3.04. The van der Waals surface area contributed by atoms with Gasteiger partial charge in [-0.15, -0.1) is 11.3 Å². The van der Waals surface area contributed by atoms with E-state index in [9.17, 15) is 4.79 Å². The number of thiophene rings is 1. The number of rotatable bonds is 5. The van der Waals surface area contributed by atoms with Crippen molar-refractivity contribution in [3.8, 4) is 5.75 Å². The highest BCUT2D eigenvalue weighted by molar-refractivity contribution is 8.00. The van der Waals surface area contributed by atoms with Crippen molar-refractivity contribution in [2.45, 2.75) is 43.5 Å². The minimum atomic E-state index is -0.358. The maximum atomic E-state index is 12.6. The quantitative estimate of drug-likeness (QED) is 0.458. The monoisotopic (exact) mass is 428 g/mol. The Bertz CT molecular complexity index is 1050. The van der Waals surface area contributed by atoms with Crippen molar-refractivity contribution >= 4 is 50.7 Å². The van der Waals surface area contributed by atoms with E-state index in [0.717, 1.165) is 34.5 Å². The van der Waals surface area contributed by atoms with Crippen LogP contribution in [-0.2, 0) is 17.6 Å². The molecule has 0 bridgehead atoms. The van der Waals surface area contributed by atoms with Gasteiger partial charge in [0.1, 0.15) is 16.4 Å². The minimum Gasteiger partial charge on any atom is -0.497 e. The molecule has 3 aromatic rings. The lowest BCUT2D eigenvalue weighted by molar-refractivity contribution is -0.115. The van der Waals surface area contributed by atoms with Crippen LogP contribution in [0.3, 0.4) is 0 Å².